The number of aromatic nitrogens is 2. The van der Waals surface area contributed by atoms with Crippen LogP contribution >= 0.6 is 11.6 Å². The highest BCUT2D eigenvalue weighted by Crippen LogP contribution is 2.21. The molecule has 1 aromatic heterocycles. The predicted octanol–water partition coefficient (Wildman–Crippen LogP) is 0.934. The van der Waals surface area contributed by atoms with Crippen LogP contribution in [0.25, 0.3) is 0 Å². The summed E-state index contributed by atoms with van der Waals surface area (Å²) in [6.45, 7) is 3.90. The zero-order chi connectivity index (χ0) is 14.0. The van der Waals surface area contributed by atoms with Gasteiger partial charge in [-0.25, -0.2) is 9.97 Å². The van der Waals surface area contributed by atoms with E-state index in [0.29, 0.717) is 29.6 Å². The molecule has 6 nitrogen and oxygen atoms in total. The lowest BCUT2D eigenvalue weighted by molar-refractivity contribution is -0.132. The van der Waals surface area contributed by atoms with Crippen LogP contribution in [0.5, 0.6) is 0 Å². The molecule has 1 aliphatic rings. The second kappa shape index (κ2) is 5.52. The van der Waals surface area contributed by atoms with Gasteiger partial charge in [0.05, 0.1) is 6.54 Å². The number of aryl methyl sites for hydroxylation is 1. The smallest absolute Gasteiger partial charge is 0.249 e. The number of piperazine rings is 1. The normalized spacial score (nSPS) is 19.5. The van der Waals surface area contributed by atoms with E-state index in [4.69, 9.17) is 11.6 Å². The first-order chi connectivity index (χ1) is 9.05. The molecule has 0 aromatic carbocycles. The minimum atomic E-state index is -0.409. The lowest BCUT2D eigenvalue weighted by Gasteiger charge is -2.34. The maximum absolute atomic E-state index is 11.8. The number of halogens is 1. The van der Waals surface area contributed by atoms with Crippen molar-refractivity contribution in [1.82, 2.24) is 15.3 Å². The second-order valence-corrected chi connectivity index (χ2v) is 4.67. The standard InChI is InChI=1S/C12H15ClN4O2/c1-3-7-12(19)16-11(18)6-17(7)10-5-8(13)14-9(4-2)15-10/h5,7H,3-4,6H2,1-2H3,(H,16,18,19). The van der Waals surface area contributed by atoms with Crippen molar-refractivity contribution < 1.29 is 9.59 Å². The number of imide groups is 1. The summed E-state index contributed by atoms with van der Waals surface area (Å²) in [5.74, 6) is 0.483. The highest BCUT2D eigenvalue weighted by Gasteiger charge is 2.33. The first-order valence-corrected chi connectivity index (χ1v) is 6.56. The Morgan fingerprint density at radius 3 is 2.79 bits per heavy atom. The van der Waals surface area contributed by atoms with Crippen molar-refractivity contribution >= 4 is 29.2 Å². The number of hydrogen-bond donors (Lipinski definition) is 1. The van der Waals surface area contributed by atoms with Gasteiger partial charge in [0, 0.05) is 12.5 Å². The Bertz CT molecular complexity index is 520. The van der Waals surface area contributed by atoms with Crippen molar-refractivity contribution in [3.63, 3.8) is 0 Å². The van der Waals surface area contributed by atoms with Crippen molar-refractivity contribution in [3.05, 3.63) is 17.0 Å². The third kappa shape index (κ3) is 2.84. The maximum atomic E-state index is 11.8. The molecule has 0 bridgehead atoms. The van der Waals surface area contributed by atoms with Crippen molar-refractivity contribution in [2.45, 2.75) is 32.7 Å². The molecule has 1 fully saturated rings. The molecule has 1 aliphatic heterocycles. The van der Waals surface area contributed by atoms with Crippen LogP contribution < -0.4 is 10.2 Å². The molecule has 1 atom stereocenters. The van der Waals surface area contributed by atoms with Crippen LogP contribution in [0, 0.1) is 0 Å². The van der Waals surface area contributed by atoms with Gasteiger partial charge in [0.15, 0.2) is 0 Å². The number of rotatable bonds is 3. The summed E-state index contributed by atoms with van der Waals surface area (Å²) < 4.78 is 0. The molecule has 2 amide bonds. The average Bonchev–Trinajstić information content (AvgIpc) is 2.37. The highest BCUT2D eigenvalue weighted by molar-refractivity contribution is 6.29. The molecule has 0 spiro atoms. The van der Waals surface area contributed by atoms with E-state index in [1.165, 1.54) is 0 Å². The minimum absolute atomic E-state index is 0.0980. The monoisotopic (exact) mass is 282 g/mol. The van der Waals surface area contributed by atoms with E-state index in [0.717, 1.165) is 0 Å². The van der Waals surface area contributed by atoms with Crippen molar-refractivity contribution in [2.75, 3.05) is 11.4 Å². The van der Waals surface area contributed by atoms with Crippen LogP contribution in [0.15, 0.2) is 6.07 Å². The number of anilines is 1. The van der Waals surface area contributed by atoms with E-state index in [2.05, 4.69) is 15.3 Å². The van der Waals surface area contributed by atoms with E-state index in [1.54, 1.807) is 11.0 Å². The van der Waals surface area contributed by atoms with Gasteiger partial charge in [-0.1, -0.05) is 25.4 Å². The molecule has 1 unspecified atom stereocenters. The number of hydrogen-bond acceptors (Lipinski definition) is 5. The Labute approximate surface area is 116 Å². The lowest BCUT2D eigenvalue weighted by Crippen LogP contribution is -2.58. The van der Waals surface area contributed by atoms with Crippen LogP contribution in [0.1, 0.15) is 26.1 Å². The Morgan fingerprint density at radius 2 is 2.16 bits per heavy atom. The molecule has 1 saturated heterocycles. The molecule has 1 N–H and O–H groups in total. The van der Waals surface area contributed by atoms with Crippen molar-refractivity contribution in [2.24, 2.45) is 0 Å². The fraction of sp³-hybridized carbons (Fsp3) is 0.500. The summed E-state index contributed by atoms with van der Waals surface area (Å²) >= 11 is 5.95. The Morgan fingerprint density at radius 1 is 1.42 bits per heavy atom. The van der Waals surface area contributed by atoms with E-state index >= 15 is 0 Å². The van der Waals surface area contributed by atoms with Gasteiger partial charge in [0.2, 0.25) is 11.8 Å². The summed E-state index contributed by atoms with van der Waals surface area (Å²) in [7, 11) is 0. The first kappa shape index (κ1) is 13.7. The maximum Gasteiger partial charge on any atom is 0.249 e. The van der Waals surface area contributed by atoms with Crippen LogP contribution in [-0.2, 0) is 16.0 Å². The van der Waals surface area contributed by atoms with E-state index < -0.39 is 6.04 Å². The van der Waals surface area contributed by atoms with Crippen LogP contribution in [0.2, 0.25) is 5.15 Å². The van der Waals surface area contributed by atoms with Crippen LogP contribution in [0.3, 0.4) is 0 Å². The quantitative estimate of drug-likeness (QED) is 0.659. The molecule has 2 rings (SSSR count). The SMILES string of the molecule is CCc1nc(Cl)cc(N2CC(=O)NC(=O)C2CC)n1. The molecule has 0 saturated carbocycles. The number of carbonyl (C=O) groups excluding carboxylic acids is 2. The number of carbonyl (C=O) groups is 2. The topological polar surface area (TPSA) is 75.2 Å². The lowest BCUT2D eigenvalue weighted by atomic mass is 10.1. The van der Waals surface area contributed by atoms with Gasteiger partial charge in [-0.15, -0.1) is 0 Å². The summed E-state index contributed by atoms with van der Waals surface area (Å²) in [4.78, 5) is 33.4. The van der Waals surface area contributed by atoms with E-state index in [-0.39, 0.29) is 18.4 Å². The third-order valence-corrected chi connectivity index (χ3v) is 3.17. The second-order valence-electron chi connectivity index (χ2n) is 4.28. The zero-order valence-electron chi connectivity index (χ0n) is 10.8. The molecular weight excluding hydrogens is 268 g/mol. The molecule has 0 radical (unpaired) electrons. The van der Waals surface area contributed by atoms with Gasteiger partial charge in [-0.3, -0.25) is 14.9 Å². The summed E-state index contributed by atoms with van der Waals surface area (Å²) in [5, 5.41) is 2.64. The Hall–Kier alpha value is -1.69. The summed E-state index contributed by atoms with van der Waals surface area (Å²) in [6.07, 6.45) is 1.22. The predicted molar refractivity (Wildman–Crippen MR) is 71.0 cm³/mol. The summed E-state index contributed by atoms with van der Waals surface area (Å²) in [6, 6.07) is 1.17. The first-order valence-electron chi connectivity index (χ1n) is 6.19. The minimum Gasteiger partial charge on any atom is -0.335 e. The average molecular weight is 283 g/mol. The molecule has 1 aromatic rings. The zero-order valence-corrected chi connectivity index (χ0v) is 11.6. The Balaban J connectivity index is 2.39. The van der Waals surface area contributed by atoms with Crippen LogP contribution in [0.4, 0.5) is 5.82 Å². The molecule has 7 heteroatoms. The van der Waals surface area contributed by atoms with Gasteiger partial charge in [-0.05, 0) is 6.42 Å². The third-order valence-electron chi connectivity index (χ3n) is 2.98. The Kier molecular flexibility index (Phi) is 3.99. The van der Waals surface area contributed by atoms with Crippen molar-refractivity contribution in [1.29, 1.82) is 0 Å². The van der Waals surface area contributed by atoms with E-state index in [9.17, 15) is 9.59 Å². The summed E-state index contributed by atoms with van der Waals surface area (Å²) in [5.41, 5.74) is 0. The van der Waals surface area contributed by atoms with Gasteiger partial charge in [-0.2, -0.15) is 0 Å². The van der Waals surface area contributed by atoms with Crippen LogP contribution in [-0.4, -0.2) is 34.4 Å². The highest BCUT2D eigenvalue weighted by atomic mass is 35.5. The largest absolute Gasteiger partial charge is 0.335 e. The molecule has 2 heterocycles. The van der Waals surface area contributed by atoms with Gasteiger partial charge >= 0.3 is 0 Å². The van der Waals surface area contributed by atoms with Gasteiger partial charge < -0.3 is 4.90 Å². The molecule has 102 valence electrons. The molecular formula is C12H15ClN4O2. The van der Waals surface area contributed by atoms with E-state index in [1.807, 2.05) is 13.8 Å². The number of nitrogens with zero attached hydrogens (tertiary/aromatic N) is 3. The van der Waals surface area contributed by atoms with Crippen molar-refractivity contribution in [3.8, 4) is 0 Å². The van der Waals surface area contributed by atoms with Gasteiger partial charge in [0.25, 0.3) is 0 Å². The van der Waals surface area contributed by atoms with Gasteiger partial charge in [0.1, 0.15) is 22.8 Å². The number of amides is 2. The fourth-order valence-corrected chi connectivity index (χ4v) is 2.27. The number of nitrogens with one attached hydrogen (secondary N) is 1. The molecule has 19 heavy (non-hydrogen) atoms. The fourth-order valence-electron chi connectivity index (χ4n) is 2.07. The molecule has 0 aliphatic carbocycles.